The molecule has 2 rings (SSSR count). The van der Waals surface area contributed by atoms with Crippen LogP contribution < -0.4 is 5.56 Å². The predicted molar refractivity (Wildman–Crippen MR) is 92.6 cm³/mol. The van der Waals surface area contributed by atoms with Crippen LogP contribution in [0.2, 0.25) is 0 Å². The molecule has 1 N–H and O–H groups in total. The van der Waals surface area contributed by atoms with Crippen LogP contribution in [-0.2, 0) is 6.42 Å². The average molecular weight is 320 g/mol. The lowest BCUT2D eigenvalue weighted by Gasteiger charge is -2.09. The summed E-state index contributed by atoms with van der Waals surface area (Å²) in [5.74, 6) is 0. The molecule has 1 aromatic carbocycles. The summed E-state index contributed by atoms with van der Waals surface area (Å²) in [7, 11) is 0. The van der Waals surface area contributed by atoms with E-state index in [0.29, 0.717) is 17.1 Å². The third-order valence-corrected chi connectivity index (χ3v) is 5.08. The molecule has 1 aromatic heterocycles. The Hall–Kier alpha value is -1.20. The standard InChI is InChI=1S/C16H20N2OS2/c1-10-5-11(2)7-13(6-10)8-14-12(3)15(19)18-16(17-14)21-9-20-4/h5-7H,8-9H2,1-4H3,(H,17,18,19). The molecule has 2 aromatic rings. The van der Waals surface area contributed by atoms with E-state index in [1.165, 1.54) is 16.7 Å². The van der Waals surface area contributed by atoms with Crippen molar-refractivity contribution in [3.8, 4) is 0 Å². The minimum atomic E-state index is -0.0343. The highest BCUT2D eigenvalue weighted by Crippen LogP contribution is 2.19. The second-order valence-corrected chi connectivity index (χ2v) is 7.36. The third kappa shape index (κ3) is 4.38. The van der Waals surface area contributed by atoms with Gasteiger partial charge in [0.05, 0.1) is 5.69 Å². The molecular formula is C16H20N2OS2. The number of rotatable bonds is 5. The molecule has 0 atom stereocenters. The number of nitrogens with zero attached hydrogens (tertiary/aromatic N) is 1. The number of benzene rings is 1. The molecule has 0 fully saturated rings. The summed E-state index contributed by atoms with van der Waals surface area (Å²) in [5, 5.41) is 1.59. The summed E-state index contributed by atoms with van der Waals surface area (Å²) in [6.45, 7) is 6.02. The van der Waals surface area contributed by atoms with E-state index in [2.05, 4.69) is 42.0 Å². The number of hydrogen-bond acceptors (Lipinski definition) is 4. The smallest absolute Gasteiger partial charge is 0.254 e. The molecular weight excluding hydrogens is 300 g/mol. The molecule has 0 aliphatic rings. The summed E-state index contributed by atoms with van der Waals surface area (Å²) in [4.78, 5) is 19.5. The molecule has 0 aliphatic carbocycles. The molecule has 112 valence electrons. The van der Waals surface area contributed by atoms with Gasteiger partial charge in [0.1, 0.15) is 0 Å². The SMILES string of the molecule is CSCSc1nc(Cc2cc(C)cc(C)c2)c(C)c(=O)[nH]1. The van der Waals surface area contributed by atoms with Crippen molar-refractivity contribution in [2.75, 3.05) is 11.3 Å². The normalized spacial score (nSPS) is 10.9. The molecule has 0 radical (unpaired) electrons. The van der Waals surface area contributed by atoms with Crippen molar-refractivity contribution in [2.45, 2.75) is 32.3 Å². The van der Waals surface area contributed by atoms with Gasteiger partial charge >= 0.3 is 0 Å². The van der Waals surface area contributed by atoms with Gasteiger partial charge < -0.3 is 4.98 Å². The van der Waals surface area contributed by atoms with Crippen LogP contribution in [0.4, 0.5) is 0 Å². The molecule has 0 unspecified atom stereocenters. The van der Waals surface area contributed by atoms with E-state index < -0.39 is 0 Å². The van der Waals surface area contributed by atoms with Gasteiger partial charge in [-0.05, 0) is 32.6 Å². The molecule has 1 heterocycles. The zero-order valence-electron chi connectivity index (χ0n) is 12.8. The van der Waals surface area contributed by atoms with Crippen LogP contribution in [0, 0.1) is 20.8 Å². The first kappa shape index (κ1) is 16.2. The monoisotopic (exact) mass is 320 g/mol. The number of H-pyrrole nitrogens is 1. The van der Waals surface area contributed by atoms with Crippen LogP contribution in [0.15, 0.2) is 28.2 Å². The van der Waals surface area contributed by atoms with E-state index >= 15 is 0 Å². The Morgan fingerprint density at radius 2 is 1.81 bits per heavy atom. The van der Waals surface area contributed by atoms with Gasteiger partial charge in [-0.3, -0.25) is 4.79 Å². The lowest BCUT2D eigenvalue weighted by molar-refractivity contribution is 0.859. The highest BCUT2D eigenvalue weighted by Gasteiger charge is 2.09. The quantitative estimate of drug-likeness (QED) is 0.518. The molecule has 0 bridgehead atoms. The van der Waals surface area contributed by atoms with Crippen LogP contribution in [0.5, 0.6) is 0 Å². The topological polar surface area (TPSA) is 45.8 Å². The first-order valence-electron chi connectivity index (χ1n) is 6.78. The van der Waals surface area contributed by atoms with Crippen LogP contribution in [-0.4, -0.2) is 21.3 Å². The number of nitrogens with one attached hydrogen (secondary N) is 1. The highest BCUT2D eigenvalue weighted by molar-refractivity contribution is 8.15. The lowest BCUT2D eigenvalue weighted by Crippen LogP contribution is -2.16. The zero-order valence-corrected chi connectivity index (χ0v) is 14.5. The number of hydrogen-bond donors (Lipinski definition) is 1. The van der Waals surface area contributed by atoms with Gasteiger partial charge in [-0.1, -0.05) is 41.1 Å². The van der Waals surface area contributed by atoms with E-state index in [1.807, 2.05) is 13.2 Å². The highest BCUT2D eigenvalue weighted by atomic mass is 32.2. The molecule has 0 saturated heterocycles. The number of aryl methyl sites for hydroxylation is 2. The van der Waals surface area contributed by atoms with E-state index in [4.69, 9.17) is 0 Å². The van der Waals surface area contributed by atoms with Crippen molar-refractivity contribution in [1.82, 2.24) is 9.97 Å². The molecule has 0 saturated carbocycles. The predicted octanol–water partition coefficient (Wildman–Crippen LogP) is 3.70. The number of aromatic nitrogens is 2. The Kier molecular flexibility index (Phi) is 5.53. The van der Waals surface area contributed by atoms with Crippen LogP contribution >= 0.6 is 23.5 Å². The van der Waals surface area contributed by atoms with Gasteiger partial charge in [0.25, 0.3) is 5.56 Å². The van der Waals surface area contributed by atoms with E-state index in [1.54, 1.807) is 23.5 Å². The van der Waals surface area contributed by atoms with Crippen LogP contribution in [0.25, 0.3) is 0 Å². The fraction of sp³-hybridized carbons (Fsp3) is 0.375. The van der Waals surface area contributed by atoms with E-state index in [-0.39, 0.29) is 5.56 Å². The Labute approximate surface area is 134 Å². The summed E-state index contributed by atoms with van der Waals surface area (Å²) in [5.41, 5.74) is 5.23. The summed E-state index contributed by atoms with van der Waals surface area (Å²) in [6, 6.07) is 6.47. The first-order chi connectivity index (χ1) is 9.99. The van der Waals surface area contributed by atoms with Crippen molar-refractivity contribution in [3.63, 3.8) is 0 Å². The molecule has 21 heavy (non-hydrogen) atoms. The Bertz CT molecular complexity index is 675. The van der Waals surface area contributed by atoms with Crippen LogP contribution in [0.1, 0.15) is 27.9 Å². The Morgan fingerprint density at radius 3 is 2.43 bits per heavy atom. The van der Waals surface area contributed by atoms with Crippen molar-refractivity contribution in [1.29, 1.82) is 0 Å². The first-order valence-corrected chi connectivity index (χ1v) is 9.16. The summed E-state index contributed by atoms with van der Waals surface area (Å²) < 4.78 is 0. The fourth-order valence-corrected chi connectivity index (χ4v) is 3.53. The largest absolute Gasteiger partial charge is 0.301 e. The van der Waals surface area contributed by atoms with Crippen molar-refractivity contribution >= 4 is 23.5 Å². The van der Waals surface area contributed by atoms with E-state index in [9.17, 15) is 4.79 Å². The lowest BCUT2D eigenvalue weighted by atomic mass is 10.0. The molecule has 0 amide bonds. The van der Waals surface area contributed by atoms with Gasteiger partial charge in [0.15, 0.2) is 5.16 Å². The van der Waals surface area contributed by atoms with Gasteiger partial charge in [0, 0.05) is 17.1 Å². The molecule has 0 spiro atoms. The maximum Gasteiger partial charge on any atom is 0.254 e. The van der Waals surface area contributed by atoms with Gasteiger partial charge in [-0.15, -0.1) is 0 Å². The Morgan fingerprint density at radius 1 is 1.14 bits per heavy atom. The number of thioether (sulfide) groups is 2. The van der Waals surface area contributed by atoms with E-state index in [0.717, 1.165) is 10.8 Å². The third-order valence-electron chi connectivity index (χ3n) is 3.20. The van der Waals surface area contributed by atoms with Crippen LogP contribution in [0.3, 0.4) is 0 Å². The number of aromatic amines is 1. The maximum absolute atomic E-state index is 12.0. The molecule has 5 heteroatoms. The summed E-state index contributed by atoms with van der Waals surface area (Å²) >= 11 is 3.29. The minimum Gasteiger partial charge on any atom is -0.301 e. The van der Waals surface area contributed by atoms with Gasteiger partial charge in [-0.2, -0.15) is 11.8 Å². The summed E-state index contributed by atoms with van der Waals surface area (Å²) in [6.07, 6.45) is 2.74. The second-order valence-electron chi connectivity index (χ2n) is 5.17. The average Bonchev–Trinajstić information content (AvgIpc) is 2.40. The maximum atomic E-state index is 12.0. The zero-order chi connectivity index (χ0) is 15.4. The molecule has 3 nitrogen and oxygen atoms in total. The minimum absolute atomic E-state index is 0.0343. The van der Waals surface area contributed by atoms with Crippen molar-refractivity contribution in [3.05, 3.63) is 56.5 Å². The Balaban J connectivity index is 2.34. The van der Waals surface area contributed by atoms with Crippen molar-refractivity contribution < 1.29 is 0 Å². The van der Waals surface area contributed by atoms with Gasteiger partial charge in [-0.25, -0.2) is 4.98 Å². The second kappa shape index (κ2) is 7.18. The van der Waals surface area contributed by atoms with Crippen molar-refractivity contribution in [2.24, 2.45) is 0 Å². The molecule has 0 aliphatic heterocycles. The fourth-order valence-electron chi connectivity index (χ4n) is 2.28. The van der Waals surface area contributed by atoms with Gasteiger partial charge in [0.2, 0.25) is 0 Å².